The molecule has 8 N–H and O–H groups in total. The zero-order valence-electron chi connectivity index (χ0n) is 3.28. The van der Waals surface area contributed by atoms with Gasteiger partial charge in [0.25, 0.3) is 0 Å². The third-order valence-corrected chi connectivity index (χ3v) is 0. The summed E-state index contributed by atoms with van der Waals surface area (Å²) < 4.78 is 0. The SMILES string of the molecule is C=CN.N.N. The summed E-state index contributed by atoms with van der Waals surface area (Å²) in [5.74, 6) is 0. The van der Waals surface area contributed by atoms with Crippen LogP contribution in [-0.2, 0) is 0 Å². The lowest BCUT2D eigenvalue weighted by Gasteiger charge is -1.40. The maximum atomic E-state index is 4.61. The minimum atomic E-state index is 0. The van der Waals surface area contributed by atoms with Crippen LogP contribution in [-0.4, -0.2) is 0 Å². The largest absolute Gasteiger partial charge is 0.405 e. The van der Waals surface area contributed by atoms with E-state index in [2.05, 4.69) is 12.3 Å². The molecule has 0 aromatic carbocycles. The molecule has 0 aromatic rings. The van der Waals surface area contributed by atoms with Gasteiger partial charge in [-0.05, 0) is 6.20 Å². The zero-order chi connectivity index (χ0) is 2.71. The van der Waals surface area contributed by atoms with E-state index < -0.39 is 0 Å². The van der Waals surface area contributed by atoms with Crippen LogP contribution < -0.4 is 18.0 Å². The lowest BCUT2D eigenvalue weighted by molar-refractivity contribution is 1.64. The van der Waals surface area contributed by atoms with E-state index in [-0.39, 0.29) is 12.3 Å². The van der Waals surface area contributed by atoms with E-state index in [1.807, 2.05) is 0 Å². The molecule has 0 unspecified atom stereocenters. The number of nitrogens with two attached hydrogens (primary N) is 1. The van der Waals surface area contributed by atoms with Crippen molar-refractivity contribution in [2.45, 2.75) is 0 Å². The molecule has 0 radical (unpaired) electrons. The predicted octanol–water partition coefficient (Wildman–Crippen LogP) is 0.413. The van der Waals surface area contributed by atoms with Crippen molar-refractivity contribution in [3.8, 4) is 0 Å². The van der Waals surface area contributed by atoms with Gasteiger partial charge in [-0.2, -0.15) is 0 Å². The Morgan fingerprint density at radius 2 is 1.40 bits per heavy atom. The molecular formula is C2H11N3. The van der Waals surface area contributed by atoms with Crippen LogP contribution in [0.5, 0.6) is 0 Å². The summed E-state index contributed by atoms with van der Waals surface area (Å²) >= 11 is 0. The lowest BCUT2D eigenvalue weighted by atomic mass is 11.1. The summed E-state index contributed by atoms with van der Waals surface area (Å²) in [6.07, 6.45) is 1.25. The standard InChI is InChI=1S/C2H5N.2H3N/c1-2-3;;/h2H,1,3H2;2*1H3. The highest BCUT2D eigenvalue weighted by Crippen LogP contribution is 1.13. The van der Waals surface area contributed by atoms with E-state index in [0.717, 1.165) is 0 Å². The molecular weight excluding hydrogens is 66.0 g/mol. The summed E-state index contributed by atoms with van der Waals surface area (Å²) in [5, 5.41) is 0. The zero-order valence-corrected chi connectivity index (χ0v) is 3.28. The number of rotatable bonds is 0. The van der Waals surface area contributed by atoms with E-state index in [1.54, 1.807) is 0 Å². The van der Waals surface area contributed by atoms with E-state index in [0.29, 0.717) is 0 Å². The highest BCUT2D eigenvalue weighted by Gasteiger charge is 1.09. The van der Waals surface area contributed by atoms with Gasteiger partial charge in [0.05, 0.1) is 0 Å². The smallest absolute Gasteiger partial charge is 0.0136 e. The van der Waals surface area contributed by atoms with Crippen LogP contribution in [0.3, 0.4) is 0 Å². The minimum absolute atomic E-state index is 0. The molecule has 0 amide bonds. The summed E-state index contributed by atoms with van der Waals surface area (Å²) in [6.45, 7) is 3.14. The summed E-state index contributed by atoms with van der Waals surface area (Å²) in [6, 6.07) is 0. The van der Waals surface area contributed by atoms with Gasteiger partial charge in [0.2, 0.25) is 0 Å². The van der Waals surface area contributed by atoms with Gasteiger partial charge >= 0.3 is 0 Å². The summed E-state index contributed by atoms with van der Waals surface area (Å²) in [5.41, 5.74) is 4.61. The van der Waals surface area contributed by atoms with Crippen molar-refractivity contribution in [2.75, 3.05) is 0 Å². The minimum Gasteiger partial charge on any atom is -0.405 e. The molecule has 0 aromatic heterocycles. The first-order chi connectivity index (χ1) is 1.41. The molecule has 0 aliphatic heterocycles. The normalized spacial score (nSPS) is 2.40. The summed E-state index contributed by atoms with van der Waals surface area (Å²) in [7, 11) is 0. The van der Waals surface area contributed by atoms with Crippen LogP contribution in [0.15, 0.2) is 12.8 Å². The van der Waals surface area contributed by atoms with Crippen LogP contribution >= 0.6 is 0 Å². The van der Waals surface area contributed by atoms with Crippen LogP contribution in [0.25, 0.3) is 0 Å². The molecule has 0 fully saturated rings. The Morgan fingerprint density at radius 3 is 1.40 bits per heavy atom. The highest BCUT2D eigenvalue weighted by molar-refractivity contribution is 4.48. The van der Waals surface area contributed by atoms with Crippen LogP contribution in [0.4, 0.5) is 0 Å². The molecule has 0 saturated carbocycles. The summed E-state index contributed by atoms with van der Waals surface area (Å²) in [4.78, 5) is 0. The maximum absolute atomic E-state index is 4.61. The molecule has 0 spiro atoms. The third kappa shape index (κ3) is 25.3. The molecule has 0 rings (SSSR count). The highest BCUT2D eigenvalue weighted by atomic mass is 14.5. The monoisotopic (exact) mass is 77.1 g/mol. The van der Waals surface area contributed by atoms with Gasteiger partial charge in [0.1, 0.15) is 0 Å². The van der Waals surface area contributed by atoms with Crippen molar-refractivity contribution in [2.24, 2.45) is 5.73 Å². The molecule has 0 aliphatic carbocycles. The quantitative estimate of drug-likeness (QED) is 0.390. The molecule has 5 heavy (non-hydrogen) atoms. The fourth-order valence-electron chi connectivity index (χ4n) is 0. The molecule has 0 aliphatic rings. The lowest BCUT2D eigenvalue weighted by Crippen LogP contribution is -1.67. The Labute approximate surface area is 32.0 Å². The second-order valence-electron chi connectivity index (χ2n) is 0.236. The van der Waals surface area contributed by atoms with Gasteiger partial charge < -0.3 is 18.0 Å². The topological polar surface area (TPSA) is 96.0 Å². The Kier molecular flexibility index (Phi) is 496. The molecule has 3 nitrogen and oxygen atoms in total. The first-order valence-electron chi connectivity index (χ1n) is 0.742. The van der Waals surface area contributed by atoms with Crippen molar-refractivity contribution in [1.29, 1.82) is 0 Å². The van der Waals surface area contributed by atoms with Crippen molar-refractivity contribution >= 4 is 0 Å². The first kappa shape index (κ1) is 25.0. The number of hydrogen-bond donors (Lipinski definition) is 3. The molecule has 34 valence electrons. The van der Waals surface area contributed by atoms with Crippen LogP contribution in [0, 0.1) is 0 Å². The second kappa shape index (κ2) is 99.0. The third-order valence-electron chi connectivity index (χ3n) is 0. The average Bonchev–Trinajstić information content (AvgIpc) is 0.918. The van der Waals surface area contributed by atoms with Gasteiger partial charge in [0.15, 0.2) is 0 Å². The molecule has 0 bridgehead atoms. The van der Waals surface area contributed by atoms with Crippen LogP contribution in [0.1, 0.15) is 0 Å². The molecule has 0 atom stereocenters. The van der Waals surface area contributed by atoms with Crippen LogP contribution in [0.2, 0.25) is 0 Å². The van der Waals surface area contributed by atoms with Gasteiger partial charge in [-0.3, -0.25) is 0 Å². The second-order valence-corrected chi connectivity index (χ2v) is 0.236. The van der Waals surface area contributed by atoms with Crippen molar-refractivity contribution in [1.82, 2.24) is 12.3 Å². The average molecular weight is 77.1 g/mol. The van der Waals surface area contributed by atoms with E-state index in [4.69, 9.17) is 0 Å². The van der Waals surface area contributed by atoms with Gasteiger partial charge in [-0.25, -0.2) is 0 Å². The predicted molar refractivity (Wildman–Crippen MR) is 24.4 cm³/mol. The van der Waals surface area contributed by atoms with Gasteiger partial charge in [-0.1, -0.05) is 6.58 Å². The fraction of sp³-hybridized carbons (Fsp3) is 0. The Hall–Kier alpha value is -0.540. The molecule has 0 saturated heterocycles. The Morgan fingerprint density at radius 1 is 1.40 bits per heavy atom. The Bertz CT molecular complexity index is 12.4. The first-order valence-corrected chi connectivity index (χ1v) is 0.742. The van der Waals surface area contributed by atoms with E-state index in [1.165, 1.54) is 6.20 Å². The van der Waals surface area contributed by atoms with Gasteiger partial charge in [0, 0.05) is 0 Å². The van der Waals surface area contributed by atoms with Crippen molar-refractivity contribution < 1.29 is 0 Å². The Balaban J connectivity index is -0.0000000200. The van der Waals surface area contributed by atoms with Gasteiger partial charge in [-0.15, -0.1) is 0 Å². The fourth-order valence-corrected chi connectivity index (χ4v) is 0. The van der Waals surface area contributed by atoms with Crippen molar-refractivity contribution in [3.05, 3.63) is 12.8 Å². The van der Waals surface area contributed by atoms with Crippen molar-refractivity contribution in [3.63, 3.8) is 0 Å². The number of hydrogen-bond acceptors (Lipinski definition) is 3. The molecule has 3 heteroatoms. The van der Waals surface area contributed by atoms with E-state index in [9.17, 15) is 0 Å². The maximum Gasteiger partial charge on any atom is -0.0136 e. The van der Waals surface area contributed by atoms with E-state index >= 15 is 0 Å². The molecule has 0 heterocycles.